The van der Waals surface area contributed by atoms with Crippen molar-refractivity contribution in [2.24, 2.45) is 0 Å². The average molecular weight is 285 g/mol. The van der Waals surface area contributed by atoms with Crippen LogP contribution in [0.1, 0.15) is 5.69 Å². The molecule has 2 rings (SSSR count). The fraction of sp³-hybridized carbons (Fsp3) is 0.154. The van der Waals surface area contributed by atoms with E-state index >= 15 is 0 Å². The van der Waals surface area contributed by atoms with E-state index < -0.39 is 24.3 Å². The van der Waals surface area contributed by atoms with E-state index in [1.807, 2.05) is 0 Å². The van der Waals surface area contributed by atoms with Crippen LogP contribution in [0.2, 0.25) is 0 Å². The van der Waals surface area contributed by atoms with E-state index in [-0.39, 0.29) is 16.8 Å². The summed E-state index contributed by atoms with van der Waals surface area (Å²) in [5.74, 6) is -0.401. The van der Waals surface area contributed by atoms with Crippen LogP contribution in [-0.2, 0) is 6.61 Å². The molecular weight excluding hydrogens is 275 g/mol. The van der Waals surface area contributed by atoms with Gasteiger partial charge in [0, 0.05) is 17.2 Å². The molecule has 0 bridgehead atoms. The molecule has 7 heteroatoms. The summed E-state index contributed by atoms with van der Waals surface area (Å²) in [6, 6.07) is 8.00. The van der Waals surface area contributed by atoms with Gasteiger partial charge < -0.3 is 14.8 Å². The van der Waals surface area contributed by atoms with Crippen LogP contribution in [-0.4, -0.2) is 16.5 Å². The SMILES string of the molecule is O=c1ccc(-c2ccccc2OC(F)(F)F)c(CO)[nH]1. The zero-order valence-corrected chi connectivity index (χ0v) is 10.1. The van der Waals surface area contributed by atoms with Crippen molar-refractivity contribution in [3.8, 4) is 16.9 Å². The van der Waals surface area contributed by atoms with Gasteiger partial charge >= 0.3 is 6.36 Å². The summed E-state index contributed by atoms with van der Waals surface area (Å²) in [6.07, 6.45) is -4.82. The Morgan fingerprint density at radius 1 is 1.10 bits per heavy atom. The molecule has 0 fully saturated rings. The number of rotatable bonds is 3. The highest BCUT2D eigenvalue weighted by molar-refractivity contribution is 5.72. The molecule has 2 aromatic rings. The average Bonchev–Trinajstić information content (AvgIpc) is 2.38. The molecule has 20 heavy (non-hydrogen) atoms. The molecule has 0 saturated carbocycles. The molecular formula is C13H10F3NO3. The van der Waals surface area contributed by atoms with E-state index in [1.165, 1.54) is 30.3 Å². The molecule has 4 nitrogen and oxygen atoms in total. The number of pyridine rings is 1. The van der Waals surface area contributed by atoms with Gasteiger partial charge in [-0.3, -0.25) is 4.79 Å². The molecule has 0 radical (unpaired) electrons. The Hall–Kier alpha value is -2.28. The number of aliphatic hydroxyl groups excluding tert-OH is 1. The van der Waals surface area contributed by atoms with Crippen molar-refractivity contribution in [2.45, 2.75) is 13.0 Å². The maximum absolute atomic E-state index is 12.4. The van der Waals surface area contributed by atoms with Crippen LogP contribution in [0.3, 0.4) is 0 Å². The first-order chi connectivity index (χ1) is 9.40. The molecule has 1 aromatic carbocycles. The number of hydrogen-bond acceptors (Lipinski definition) is 3. The summed E-state index contributed by atoms with van der Waals surface area (Å²) in [5, 5.41) is 9.19. The van der Waals surface area contributed by atoms with Gasteiger partial charge in [0.15, 0.2) is 0 Å². The van der Waals surface area contributed by atoms with Gasteiger partial charge in [-0.1, -0.05) is 18.2 Å². The molecule has 0 atom stereocenters. The highest BCUT2D eigenvalue weighted by Crippen LogP contribution is 2.34. The lowest BCUT2D eigenvalue weighted by atomic mass is 10.0. The summed E-state index contributed by atoms with van der Waals surface area (Å²) in [5.41, 5.74) is 0.0693. The van der Waals surface area contributed by atoms with Gasteiger partial charge in [0.05, 0.1) is 12.3 Å². The van der Waals surface area contributed by atoms with Gasteiger partial charge in [-0.15, -0.1) is 13.2 Å². The number of aliphatic hydroxyl groups is 1. The first-order valence-corrected chi connectivity index (χ1v) is 5.59. The lowest BCUT2D eigenvalue weighted by molar-refractivity contribution is -0.274. The number of para-hydroxylation sites is 1. The lowest BCUT2D eigenvalue weighted by Crippen LogP contribution is -2.18. The Labute approximate surface area is 111 Å². The second kappa shape index (κ2) is 5.38. The third-order valence-electron chi connectivity index (χ3n) is 2.56. The van der Waals surface area contributed by atoms with Gasteiger partial charge in [-0.25, -0.2) is 0 Å². The van der Waals surface area contributed by atoms with Crippen molar-refractivity contribution >= 4 is 0 Å². The Morgan fingerprint density at radius 3 is 2.45 bits per heavy atom. The minimum atomic E-state index is -4.82. The number of alkyl halides is 3. The van der Waals surface area contributed by atoms with E-state index in [1.54, 1.807) is 0 Å². The number of hydrogen-bond donors (Lipinski definition) is 2. The van der Waals surface area contributed by atoms with Crippen LogP contribution in [0.5, 0.6) is 5.75 Å². The monoisotopic (exact) mass is 285 g/mol. The summed E-state index contributed by atoms with van der Waals surface area (Å²) in [6.45, 7) is -0.508. The molecule has 106 valence electrons. The maximum atomic E-state index is 12.4. The molecule has 2 N–H and O–H groups in total. The summed E-state index contributed by atoms with van der Waals surface area (Å²) in [4.78, 5) is 13.5. The fourth-order valence-electron chi connectivity index (χ4n) is 1.80. The standard InChI is InChI=1S/C13H10F3NO3/c14-13(15,16)20-11-4-2-1-3-9(11)8-5-6-12(19)17-10(8)7-18/h1-6,18H,7H2,(H,17,19). The first-order valence-electron chi connectivity index (χ1n) is 5.59. The van der Waals surface area contributed by atoms with E-state index in [9.17, 15) is 23.1 Å². The number of aromatic nitrogens is 1. The van der Waals surface area contributed by atoms with Crippen molar-refractivity contribution in [1.29, 1.82) is 0 Å². The van der Waals surface area contributed by atoms with Crippen molar-refractivity contribution < 1.29 is 23.0 Å². The van der Waals surface area contributed by atoms with E-state index in [2.05, 4.69) is 9.72 Å². The Morgan fingerprint density at radius 2 is 1.80 bits per heavy atom. The van der Waals surface area contributed by atoms with Gasteiger partial charge in [0.2, 0.25) is 5.56 Å². The van der Waals surface area contributed by atoms with Gasteiger partial charge in [-0.05, 0) is 12.1 Å². The molecule has 0 spiro atoms. The number of ether oxygens (including phenoxy) is 1. The molecule has 0 aliphatic rings. The predicted molar refractivity (Wildman–Crippen MR) is 65.1 cm³/mol. The van der Waals surface area contributed by atoms with Crippen LogP contribution in [0.15, 0.2) is 41.2 Å². The second-order valence-corrected chi connectivity index (χ2v) is 3.92. The first kappa shape index (κ1) is 14.1. The van der Waals surface area contributed by atoms with E-state index in [0.29, 0.717) is 0 Å². The highest BCUT2D eigenvalue weighted by Gasteiger charge is 2.32. The van der Waals surface area contributed by atoms with E-state index in [0.717, 1.165) is 6.07 Å². The smallest absolute Gasteiger partial charge is 0.405 e. The summed E-state index contributed by atoms with van der Waals surface area (Å²) < 4.78 is 41.0. The van der Waals surface area contributed by atoms with Crippen molar-refractivity contribution in [3.63, 3.8) is 0 Å². The number of benzene rings is 1. The summed E-state index contributed by atoms with van der Waals surface area (Å²) in [7, 11) is 0. The van der Waals surface area contributed by atoms with Crippen LogP contribution >= 0.6 is 0 Å². The normalized spacial score (nSPS) is 11.4. The van der Waals surface area contributed by atoms with Crippen molar-refractivity contribution in [2.75, 3.05) is 0 Å². The molecule has 0 saturated heterocycles. The topological polar surface area (TPSA) is 62.3 Å². The third kappa shape index (κ3) is 3.18. The largest absolute Gasteiger partial charge is 0.573 e. The van der Waals surface area contributed by atoms with Crippen LogP contribution in [0, 0.1) is 0 Å². The minimum Gasteiger partial charge on any atom is -0.405 e. The van der Waals surface area contributed by atoms with Gasteiger partial charge in [0.1, 0.15) is 5.75 Å². The fourth-order valence-corrected chi connectivity index (χ4v) is 1.80. The number of halogens is 3. The molecule has 1 heterocycles. The number of aromatic amines is 1. The highest BCUT2D eigenvalue weighted by atomic mass is 19.4. The Balaban J connectivity index is 2.56. The minimum absolute atomic E-state index is 0.121. The van der Waals surface area contributed by atoms with Crippen molar-refractivity contribution in [1.82, 2.24) is 4.98 Å². The number of H-pyrrole nitrogens is 1. The molecule has 1 aromatic heterocycles. The van der Waals surface area contributed by atoms with Crippen LogP contribution in [0.25, 0.3) is 11.1 Å². The third-order valence-corrected chi connectivity index (χ3v) is 2.56. The molecule has 0 aliphatic carbocycles. The molecule has 0 unspecified atom stereocenters. The predicted octanol–water partition coefficient (Wildman–Crippen LogP) is 2.43. The maximum Gasteiger partial charge on any atom is 0.573 e. The quantitative estimate of drug-likeness (QED) is 0.910. The van der Waals surface area contributed by atoms with Gasteiger partial charge in [-0.2, -0.15) is 0 Å². The van der Waals surface area contributed by atoms with Crippen molar-refractivity contribution in [3.05, 3.63) is 52.4 Å². The molecule has 0 aliphatic heterocycles. The number of nitrogens with one attached hydrogen (secondary N) is 1. The Kier molecular flexibility index (Phi) is 3.80. The van der Waals surface area contributed by atoms with Crippen LogP contribution < -0.4 is 10.3 Å². The van der Waals surface area contributed by atoms with Gasteiger partial charge in [0.25, 0.3) is 0 Å². The lowest BCUT2D eigenvalue weighted by Gasteiger charge is -2.14. The zero-order valence-electron chi connectivity index (χ0n) is 10.1. The zero-order chi connectivity index (χ0) is 14.8. The second-order valence-electron chi connectivity index (χ2n) is 3.92. The Bertz CT molecular complexity index is 664. The van der Waals surface area contributed by atoms with Crippen LogP contribution in [0.4, 0.5) is 13.2 Å². The molecule has 0 amide bonds. The van der Waals surface area contributed by atoms with E-state index in [4.69, 9.17) is 0 Å². The summed E-state index contributed by atoms with van der Waals surface area (Å²) >= 11 is 0.